The zero-order chi connectivity index (χ0) is 11.5. The van der Waals surface area contributed by atoms with Crippen molar-refractivity contribution in [1.29, 1.82) is 0 Å². The topological polar surface area (TPSA) is 49.8 Å². The Morgan fingerprint density at radius 3 is 2.87 bits per heavy atom. The fraction of sp³-hybridized carbons (Fsp3) is 0.727. The Bertz CT molecular complexity index is 265. The molecule has 0 aromatic rings. The first kappa shape index (κ1) is 12.2. The highest BCUT2D eigenvalue weighted by atomic mass is 16.5. The fourth-order valence-corrected chi connectivity index (χ4v) is 1.95. The lowest BCUT2D eigenvalue weighted by molar-refractivity contribution is -0.133. The number of hydrogen-bond donors (Lipinski definition) is 1. The van der Waals surface area contributed by atoms with Crippen LogP contribution in [0.1, 0.15) is 19.8 Å². The number of carboxylic acids is 1. The quantitative estimate of drug-likeness (QED) is 0.711. The standard InChI is InChI=1S/C11H19NO3/c1-9(10(13)14)7-12-6-4-5-11(2,8-12)15-3/h1,4-8H2,2-3H3,(H,13,14). The van der Waals surface area contributed by atoms with Crippen molar-refractivity contribution in [3.05, 3.63) is 12.2 Å². The molecule has 0 aromatic heterocycles. The zero-order valence-electron chi connectivity index (χ0n) is 9.45. The van der Waals surface area contributed by atoms with E-state index in [1.165, 1.54) is 0 Å². The first-order chi connectivity index (χ1) is 6.97. The van der Waals surface area contributed by atoms with Gasteiger partial charge in [-0.3, -0.25) is 4.90 Å². The summed E-state index contributed by atoms with van der Waals surface area (Å²) in [6.45, 7) is 7.72. The van der Waals surface area contributed by atoms with Crippen LogP contribution in [0.3, 0.4) is 0 Å². The highest BCUT2D eigenvalue weighted by Crippen LogP contribution is 2.24. The Hall–Kier alpha value is -0.870. The van der Waals surface area contributed by atoms with Crippen LogP contribution in [0.2, 0.25) is 0 Å². The molecule has 0 amide bonds. The van der Waals surface area contributed by atoms with Gasteiger partial charge in [0.1, 0.15) is 0 Å². The molecule has 1 N–H and O–H groups in total. The predicted molar refractivity (Wildman–Crippen MR) is 57.9 cm³/mol. The largest absolute Gasteiger partial charge is 0.478 e. The fourth-order valence-electron chi connectivity index (χ4n) is 1.95. The lowest BCUT2D eigenvalue weighted by Crippen LogP contribution is -2.48. The lowest BCUT2D eigenvalue weighted by Gasteiger charge is -2.39. The third kappa shape index (κ3) is 3.32. The Morgan fingerprint density at radius 1 is 1.67 bits per heavy atom. The van der Waals surface area contributed by atoms with Crippen LogP contribution in [-0.2, 0) is 9.53 Å². The highest BCUT2D eigenvalue weighted by molar-refractivity contribution is 5.86. The van der Waals surface area contributed by atoms with Crippen LogP contribution in [-0.4, -0.2) is 48.3 Å². The van der Waals surface area contributed by atoms with Gasteiger partial charge >= 0.3 is 5.97 Å². The van der Waals surface area contributed by atoms with E-state index in [1.54, 1.807) is 7.11 Å². The molecule has 1 aliphatic heterocycles. The number of likely N-dealkylation sites (tertiary alicyclic amines) is 1. The summed E-state index contributed by atoms with van der Waals surface area (Å²) in [5.41, 5.74) is 0.104. The molecule has 0 aliphatic carbocycles. The van der Waals surface area contributed by atoms with E-state index in [-0.39, 0.29) is 11.2 Å². The molecule has 0 saturated carbocycles. The molecule has 0 bridgehead atoms. The summed E-state index contributed by atoms with van der Waals surface area (Å²) < 4.78 is 5.43. The van der Waals surface area contributed by atoms with E-state index in [4.69, 9.17) is 9.84 Å². The molecule has 1 unspecified atom stereocenters. The minimum absolute atomic E-state index is 0.142. The van der Waals surface area contributed by atoms with Gasteiger partial charge in [0.2, 0.25) is 0 Å². The Balaban J connectivity index is 2.50. The highest BCUT2D eigenvalue weighted by Gasteiger charge is 2.31. The summed E-state index contributed by atoms with van der Waals surface area (Å²) in [5, 5.41) is 8.74. The van der Waals surface area contributed by atoms with Gasteiger partial charge < -0.3 is 9.84 Å². The molecule has 4 nitrogen and oxygen atoms in total. The summed E-state index contributed by atoms with van der Waals surface area (Å²) in [5.74, 6) is -0.917. The smallest absolute Gasteiger partial charge is 0.332 e. The second-order valence-corrected chi connectivity index (χ2v) is 4.38. The van der Waals surface area contributed by atoms with Crippen LogP contribution < -0.4 is 0 Å². The summed E-state index contributed by atoms with van der Waals surface area (Å²) in [7, 11) is 1.70. The maximum Gasteiger partial charge on any atom is 0.332 e. The Kier molecular flexibility index (Phi) is 3.88. The number of carbonyl (C=O) groups is 1. The van der Waals surface area contributed by atoms with Gasteiger partial charge in [0.25, 0.3) is 0 Å². The SMILES string of the molecule is C=C(CN1CCCC(C)(OC)C1)C(=O)O. The second-order valence-electron chi connectivity index (χ2n) is 4.38. The van der Waals surface area contributed by atoms with E-state index in [9.17, 15) is 4.79 Å². The first-order valence-electron chi connectivity index (χ1n) is 5.15. The number of hydrogen-bond acceptors (Lipinski definition) is 3. The van der Waals surface area contributed by atoms with E-state index < -0.39 is 5.97 Å². The maximum absolute atomic E-state index is 10.6. The van der Waals surface area contributed by atoms with E-state index in [2.05, 4.69) is 18.4 Å². The molecule has 0 aromatic carbocycles. The summed E-state index contributed by atoms with van der Waals surface area (Å²) in [6.07, 6.45) is 2.07. The summed E-state index contributed by atoms with van der Waals surface area (Å²) in [6, 6.07) is 0. The van der Waals surface area contributed by atoms with Gasteiger partial charge in [-0.25, -0.2) is 4.79 Å². The van der Waals surface area contributed by atoms with Crippen molar-refractivity contribution in [3.8, 4) is 0 Å². The van der Waals surface area contributed by atoms with Gasteiger partial charge in [-0.2, -0.15) is 0 Å². The van der Waals surface area contributed by atoms with E-state index in [0.29, 0.717) is 6.54 Å². The number of nitrogens with zero attached hydrogens (tertiary/aromatic N) is 1. The molecule has 1 saturated heterocycles. The molecule has 1 atom stereocenters. The number of piperidine rings is 1. The number of methoxy groups -OCH3 is 1. The molecule has 15 heavy (non-hydrogen) atoms. The van der Waals surface area contributed by atoms with Gasteiger partial charge in [0, 0.05) is 25.8 Å². The molecule has 1 rings (SSSR count). The van der Waals surface area contributed by atoms with Crippen LogP contribution in [0.25, 0.3) is 0 Å². The Labute approximate surface area is 90.5 Å². The number of carboxylic acid groups (broad SMARTS) is 1. The molecular formula is C11H19NO3. The van der Waals surface area contributed by atoms with Crippen molar-refractivity contribution in [2.45, 2.75) is 25.4 Å². The van der Waals surface area contributed by atoms with E-state index >= 15 is 0 Å². The van der Waals surface area contributed by atoms with Crippen molar-refractivity contribution >= 4 is 5.97 Å². The first-order valence-corrected chi connectivity index (χ1v) is 5.15. The molecule has 1 heterocycles. The van der Waals surface area contributed by atoms with Crippen LogP contribution in [0.5, 0.6) is 0 Å². The van der Waals surface area contributed by atoms with Crippen molar-refractivity contribution in [2.24, 2.45) is 0 Å². The van der Waals surface area contributed by atoms with E-state index in [0.717, 1.165) is 25.9 Å². The zero-order valence-corrected chi connectivity index (χ0v) is 9.45. The maximum atomic E-state index is 10.6. The number of ether oxygens (including phenoxy) is 1. The number of aliphatic carboxylic acids is 1. The minimum atomic E-state index is -0.917. The average molecular weight is 213 g/mol. The van der Waals surface area contributed by atoms with Crippen molar-refractivity contribution in [2.75, 3.05) is 26.7 Å². The lowest BCUT2D eigenvalue weighted by atomic mass is 9.94. The van der Waals surface area contributed by atoms with Crippen LogP contribution >= 0.6 is 0 Å². The summed E-state index contributed by atoms with van der Waals surface area (Å²) in [4.78, 5) is 12.7. The van der Waals surface area contributed by atoms with Gasteiger partial charge in [0.05, 0.1) is 5.60 Å². The molecule has 1 aliphatic rings. The molecular weight excluding hydrogens is 194 g/mol. The van der Waals surface area contributed by atoms with Crippen molar-refractivity contribution in [1.82, 2.24) is 4.90 Å². The van der Waals surface area contributed by atoms with Gasteiger partial charge in [-0.05, 0) is 26.3 Å². The monoisotopic (exact) mass is 213 g/mol. The minimum Gasteiger partial charge on any atom is -0.478 e. The Morgan fingerprint density at radius 2 is 2.33 bits per heavy atom. The summed E-state index contributed by atoms with van der Waals surface area (Å²) >= 11 is 0. The predicted octanol–water partition coefficient (Wildman–Crippen LogP) is 1.13. The second kappa shape index (κ2) is 4.77. The van der Waals surface area contributed by atoms with Crippen LogP contribution in [0, 0.1) is 0 Å². The molecule has 0 radical (unpaired) electrons. The third-order valence-electron chi connectivity index (χ3n) is 2.95. The van der Waals surface area contributed by atoms with Crippen LogP contribution in [0.4, 0.5) is 0 Å². The van der Waals surface area contributed by atoms with Crippen LogP contribution in [0.15, 0.2) is 12.2 Å². The molecule has 1 fully saturated rings. The van der Waals surface area contributed by atoms with Gasteiger partial charge in [0.15, 0.2) is 0 Å². The normalized spacial score (nSPS) is 27.6. The van der Waals surface area contributed by atoms with Crippen molar-refractivity contribution < 1.29 is 14.6 Å². The van der Waals surface area contributed by atoms with Crippen molar-refractivity contribution in [3.63, 3.8) is 0 Å². The molecule has 86 valence electrons. The average Bonchev–Trinajstić information content (AvgIpc) is 2.18. The molecule has 0 spiro atoms. The third-order valence-corrected chi connectivity index (χ3v) is 2.95. The number of rotatable bonds is 4. The van der Waals surface area contributed by atoms with E-state index in [1.807, 2.05) is 0 Å². The van der Waals surface area contributed by atoms with Gasteiger partial charge in [-0.1, -0.05) is 6.58 Å². The van der Waals surface area contributed by atoms with Gasteiger partial charge in [-0.15, -0.1) is 0 Å². The molecule has 4 heteroatoms.